The standard InChI is InChI=1S/C46H77N7O11/c1-44-17-15-30(24-29(44)13-14-32-33(44)25-37(54)45(2)31(16-18-46(32,45)62)28-23-40(57)64-26-28)63-27-39(56)50-22-5-3-4-12-38(55)51-34(9-6-19-47)41(58)52-35(10-7-20-48)42(59)53-36(43(60)61)11-8-21-49/h26,29-37,54,62H,3-25,27,47-49H2,1-2H3,(H,50,56)(H,51,55)(H,52,58)(H,53,59)(H,60,61)/t29-,30+,31-,32-,33+,34+,35+,36+,37-,44+,45+,46+/m1/s1. The highest BCUT2D eigenvalue weighted by molar-refractivity contribution is 5.93. The molecule has 1 heterocycles. The van der Waals surface area contributed by atoms with Gasteiger partial charge in [0.2, 0.25) is 23.6 Å². The number of carbonyl (C=O) groups is 6. The second-order valence-electron chi connectivity index (χ2n) is 19.6. The van der Waals surface area contributed by atoms with Crippen molar-refractivity contribution in [2.75, 3.05) is 32.8 Å². The molecular weight excluding hydrogens is 827 g/mol. The molecule has 4 amide bonds. The molecule has 4 fully saturated rings. The van der Waals surface area contributed by atoms with E-state index in [4.69, 9.17) is 26.7 Å². The summed E-state index contributed by atoms with van der Waals surface area (Å²) in [6.45, 7) is 5.53. The zero-order valence-corrected chi connectivity index (χ0v) is 38.1. The maximum atomic E-state index is 13.3. The Kier molecular flexibility index (Phi) is 18.6. The van der Waals surface area contributed by atoms with E-state index >= 15 is 0 Å². The minimum absolute atomic E-state index is 0.0434. The van der Waals surface area contributed by atoms with Gasteiger partial charge >= 0.3 is 11.9 Å². The topological polar surface area (TPSA) is 308 Å². The summed E-state index contributed by atoms with van der Waals surface area (Å²) in [4.78, 5) is 75.7. The largest absolute Gasteiger partial charge is 0.480 e. The lowest BCUT2D eigenvalue weighted by Crippen LogP contribution is -2.67. The number of esters is 1. The van der Waals surface area contributed by atoms with E-state index in [9.17, 15) is 44.1 Å². The van der Waals surface area contributed by atoms with Crippen LogP contribution >= 0.6 is 0 Å². The Morgan fingerprint density at radius 3 is 2.06 bits per heavy atom. The van der Waals surface area contributed by atoms with E-state index in [1.54, 1.807) is 6.26 Å². The SMILES string of the molecule is C[C@]12CC[C@H](OCC(=O)NCCCCCC(=O)N[C@@H](CCCN)C(=O)N[C@@H](CCCN)C(=O)N[C@@H](CCCN)C(=O)O)C[C@H]1CC[C@@H]1[C@@H]2C[C@@H](O)[C@]2(C)[C@@H](C3=COC(=O)C3)CC[C@]12O. The number of ether oxygens (including phenoxy) is 2. The lowest BCUT2D eigenvalue weighted by Gasteiger charge is -2.65. The fraction of sp³-hybridized carbons (Fsp3) is 0.826. The second kappa shape index (κ2) is 23.2. The van der Waals surface area contributed by atoms with Gasteiger partial charge in [0.1, 0.15) is 24.7 Å². The number of cyclic esters (lactones) is 1. The van der Waals surface area contributed by atoms with Crippen molar-refractivity contribution < 1.29 is 53.6 Å². The van der Waals surface area contributed by atoms with Crippen LogP contribution < -0.4 is 38.5 Å². The normalized spacial score (nSPS) is 32.1. The number of aliphatic hydroxyl groups is 2. The Labute approximate surface area is 377 Å². The summed E-state index contributed by atoms with van der Waals surface area (Å²) in [5, 5.41) is 44.7. The summed E-state index contributed by atoms with van der Waals surface area (Å²) >= 11 is 0. The number of unbranched alkanes of at least 4 members (excludes halogenated alkanes) is 2. The molecule has 18 heteroatoms. The molecule has 362 valence electrons. The number of nitrogens with one attached hydrogen (secondary N) is 4. The lowest BCUT2D eigenvalue weighted by atomic mass is 9.42. The fourth-order valence-electron chi connectivity index (χ4n) is 12.1. The number of fused-ring (bicyclic) bond motifs is 5. The highest BCUT2D eigenvalue weighted by Crippen LogP contribution is 2.70. The second-order valence-corrected chi connectivity index (χ2v) is 19.6. The summed E-state index contributed by atoms with van der Waals surface area (Å²) in [5.41, 5.74) is 15.9. The number of amides is 4. The number of hydrogen-bond donors (Lipinski definition) is 10. The first-order valence-electron chi connectivity index (χ1n) is 23.9. The predicted octanol–water partition coefficient (Wildman–Crippen LogP) is 1.38. The van der Waals surface area contributed by atoms with Crippen molar-refractivity contribution in [2.24, 2.45) is 51.7 Å². The summed E-state index contributed by atoms with van der Waals surface area (Å²) < 4.78 is 11.3. The molecule has 0 bridgehead atoms. The van der Waals surface area contributed by atoms with Crippen LogP contribution in [0.25, 0.3) is 0 Å². The average Bonchev–Trinajstić information content (AvgIpc) is 3.82. The Bertz CT molecular complexity index is 1680. The molecule has 18 nitrogen and oxygen atoms in total. The van der Waals surface area contributed by atoms with Crippen LogP contribution in [0.3, 0.4) is 0 Å². The van der Waals surface area contributed by atoms with Crippen molar-refractivity contribution >= 4 is 35.6 Å². The monoisotopic (exact) mass is 904 g/mol. The van der Waals surface area contributed by atoms with E-state index in [0.29, 0.717) is 63.8 Å². The van der Waals surface area contributed by atoms with E-state index in [0.717, 1.165) is 44.1 Å². The van der Waals surface area contributed by atoms with Crippen molar-refractivity contribution in [1.82, 2.24) is 21.3 Å². The van der Waals surface area contributed by atoms with E-state index in [-0.39, 0.29) is 105 Å². The van der Waals surface area contributed by atoms with Gasteiger partial charge in [0.25, 0.3) is 0 Å². The van der Waals surface area contributed by atoms with Gasteiger partial charge in [-0.3, -0.25) is 24.0 Å². The van der Waals surface area contributed by atoms with Crippen LogP contribution in [0.4, 0.5) is 0 Å². The Morgan fingerprint density at radius 1 is 0.797 bits per heavy atom. The fourth-order valence-corrected chi connectivity index (χ4v) is 12.1. The summed E-state index contributed by atoms with van der Waals surface area (Å²) in [5.74, 6) is -2.76. The molecule has 12 atom stereocenters. The van der Waals surface area contributed by atoms with E-state index in [1.165, 1.54) is 0 Å². The minimum Gasteiger partial charge on any atom is -0.480 e. The molecule has 0 aromatic rings. The van der Waals surface area contributed by atoms with Gasteiger partial charge in [-0.05, 0) is 157 Å². The van der Waals surface area contributed by atoms with E-state index < -0.39 is 53.0 Å². The Morgan fingerprint density at radius 2 is 1.44 bits per heavy atom. The number of carboxylic acids is 1. The molecule has 64 heavy (non-hydrogen) atoms. The molecule has 4 aliphatic carbocycles. The third-order valence-electron chi connectivity index (χ3n) is 15.9. The summed E-state index contributed by atoms with van der Waals surface area (Å²) in [6.07, 6.45) is 11.1. The van der Waals surface area contributed by atoms with Crippen LogP contribution in [0.2, 0.25) is 0 Å². The molecule has 13 N–H and O–H groups in total. The molecule has 5 aliphatic rings. The van der Waals surface area contributed by atoms with Crippen LogP contribution in [0, 0.1) is 34.5 Å². The molecule has 0 unspecified atom stereocenters. The third kappa shape index (κ3) is 11.8. The van der Waals surface area contributed by atoms with Gasteiger partial charge < -0.3 is 63.3 Å². The summed E-state index contributed by atoms with van der Waals surface area (Å²) in [6, 6.07) is -3.16. The molecule has 0 spiro atoms. The van der Waals surface area contributed by atoms with Crippen LogP contribution in [-0.4, -0.2) is 120 Å². The van der Waals surface area contributed by atoms with Gasteiger partial charge in [0, 0.05) is 18.4 Å². The van der Waals surface area contributed by atoms with Crippen molar-refractivity contribution in [3.05, 3.63) is 11.8 Å². The van der Waals surface area contributed by atoms with Crippen molar-refractivity contribution in [3.8, 4) is 0 Å². The first-order valence-corrected chi connectivity index (χ1v) is 23.9. The number of nitrogens with two attached hydrogens (primary N) is 3. The highest BCUT2D eigenvalue weighted by Gasteiger charge is 2.70. The predicted molar refractivity (Wildman–Crippen MR) is 236 cm³/mol. The first-order chi connectivity index (χ1) is 30.5. The lowest BCUT2D eigenvalue weighted by molar-refractivity contribution is -0.245. The summed E-state index contributed by atoms with van der Waals surface area (Å²) in [7, 11) is 0. The van der Waals surface area contributed by atoms with Crippen molar-refractivity contribution in [2.45, 2.75) is 172 Å². The van der Waals surface area contributed by atoms with Crippen LogP contribution in [0.1, 0.15) is 136 Å². The molecule has 0 aromatic carbocycles. The number of rotatable bonds is 25. The molecule has 1 aliphatic heterocycles. The van der Waals surface area contributed by atoms with Gasteiger partial charge in [0.05, 0.1) is 30.5 Å². The molecule has 5 rings (SSSR count). The third-order valence-corrected chi connectivity index (χ3v) is 15.9. The molecule has 0 radical (unpaired) electrons. The van der Waals surface area contributed by atoms with E-state index in [2.05, 4.69) is 28.2 Å². The first kappa shape index (κ1) is 51.3. The van der Waals surface area contributed by atoms with E-state index in [1.807, 2.05) is 6.92 Å². The number of aliphatic hydroxyl groups excluding tert-OH is 1. The Hall–Kier alpha value is -3.68. The number of aliphatic carboxylic acids is 1. The molecule has 4 saturated carbocycles. The highest BCUT2D eigenvalue weighted by atomic mass is 16.5. The van der Waals surface area contributed by atoms with Gasteiger partial charge in [-0.2, -0.15) is 0 Å². The maximum absolute atomic E-state index is 13.3. The van der Waals surface area contributed by atoms with Crippen molar-refractivity contribution in [3.63, 3.8) is 0 Å². The number of carboxylic acid groups (broad SMARTS) is 1. The molecular formula is C46H77N7O11. The van der Waals surface area contributed by atoms with Gasteiger partial charge in [-0.1, -0.05) is 20.3 Å². The zero-order valence-electron chi connectivity index (χ0n) is 38.1. The van der Waals surface area contributed by atoms with Crippen LogP contribution in [-0.2, 0) is 38.2 Å². The molecule has 0 aromatic heterocycles. The Balaban J connectivity index is 1.00. The smallest absolute Gasteiger partial charge is 0.326 e. The minimum atomic E-state index is -1.20. The maximum Gasteiger partial charge on any atom is 0.326 e. The number of carbonyl (C=O) groups excluding carboxylic acids is 5. The van der Waals surface area contributed by atoms with Crippen molar-refractivity contribution in [1.29, 1.82) is 0 Å². The van der Waals surface area contributed by atoms with Gasteiger partial charge in [-0.25, -0.2) is 4.79 Å². The van der Waals surface area contributed by atoms with Crippen LogP contribution in [0.15, 0.2) is 11.8 Å². The number of hydrogen-bond acceptors (Lipinski definition) is 13. The zero-order chi connectivity index (χ0) is 46.7. The quantitative estimate of drug-likeness (QED) is 0.0458. The van der Waals surface area contributed by atoms with Gasteiger partial charge in [-0.15, -0.1) is 0 Å². The average molecular weight is 904 g/mol. The van der Waals surface area contributed by atoms with Crippen LogP contribution in [0.5, 0.6) is 0 Å². The molecule has 0 saturated heterocycles. The van der Waals surface area contributed by atoms with Gasteiger partial charge in [0.15, 0.2) is 0 Å².